The van der Waals surface area contributed by atoms with E-state index in [1.807, 2.05) is 13.0 Å². The summed E-state index contributed by atoms with van der Waals surface area (Å²) in [5.41, 5.74) is 3.54. The average Bonchev–Trinajstić information content (AvgIpc) is 3.15. The van der Waals surface area contributed by atoms with Crippen LogP contribution in [-0.2, 0) is 13.0 Å². The fraction of sp³-hybridized carbons (Fsp3) is 0.250. The Hall–Kier alpha value is -2.40. The molecule has 0 spiro atoms. The first kappa shape index (κ1) is 12.3. The summed E-state index contributed by atoms with van der Waals surface area (Å²) in [6.07, 6.45) is 2.50. The maximum atomic E-state index is 5.43. The fourth-order valence-electron chi connectivity index (χ4n) is 2.73. The molecule has 21 heavy (non-hydrogen) atoms. The van der Waals surface area contributed by atoms with Gasteiger partial charge in [-0.05, 0) is 30.5 Å². The van der Waals surface area contributed by atoms with E-state index >= 15 is 0 Å². The van der Waals surface area contributed by atoms with Crippen LogP contribution in [0.5, 0.6) is 0 Å². The maximum absolute atomic E-state index is 5.43. The summed E-state index contributed by atoms with van der Waals surface area (Å²) in [6, 6.07) is 10.3. The van der Waals surface area contributed by atoms with Crippen LogP contribution in [0.1, 0.15) is 28.8 Å². The lowest BCUT2D eigenvalue weighted by atomic mass is 9.96. The lowest BCUT2D eigenvalue weighted by molar-refractivity contribution is 0.321. The molecule has 0 saturated carbocycles. The number of aromatic nitrogens is 2. The highest BCUT2D eigenvalue weighted by Crippen LogP contribution is 2.27. The van der Waals surface area contributed by atoms with Gasteiger partial charge in [0.2, 0.25) is 11.7 Å². The topological polar surface area (TPSA) is 64.1 Å². The van der Waals surface area contributed by atoms with Crippen molar-refractivity contribution in [3.63, 3.8) is 0 Å². The number of hydrogen-bond donors (Lipinski definition) is 1. The highest BCUT2D eigenvalue weighted by molar-refractivity contribution is 5.56. The van der Waals surface area contributed by atoms with Crippen molar-refractivity contribution in [3.05, 3.63) is 59.4 Å². The molecule has 1 aliphatic rings. The van der Waals surface area contributed by atoms with Crippen molar-refractivity contribution >= 4 is 0 Å². The molecule has 5 nitrogen and oxygen atoms in total. The van der Waals surface area contributed by atoms with Crippen LogP contribution in [-0.4, -0.2) is 10.1 Å². The van der Waals surface area contributed by atoms with Gasteiger partial charge in [0.25, 0.3) is 0 Å². The first-order chi connectivity index (χ1) is 10.3. The third-order valence-electron chi connectivity index (χ3n) is 3.92. The molecule has 0 saturated heterocycles. The van der Waals surface area contributed by atoms with Crippen molar-refractivity contribution in [1.29, 1.82) is 0 Å². The minimum atomic E-state index is 0.0633. The van der Waals surface area contributed by atoms with Gasteiger partial charge in [0.1, 0.15) is 5.76 Å². The molecule has 1 aromatic carbocycles. The van der Waals surface area contributed by atoms with E-state index in [4.69, 9.17) is 8.94 Å². The van der Waals surface area contributed by atoms with Crippen LogP contribution in [0.3, 0.4) is 0 Å². The highest BCUT2D eigenvalue weighted by Gasteiger charge is 2.24. The van der Waals surface area contributed by atoms with E-state index in [1.165, 1.54) is 11.1 Å². The standard InChI is InChI=1S/C16H15N3O2/c1-10-13(6-7-20-10)15-18-16(21-19-15)14-8-11-4-2-3-5-12(11)9-17-14/h2-7,14,17H,8-9H2,1H3/t14-/m0/s1. The Balaban J connectivity index is 1.61. The molecule has 0 bridgehead atoms. The third kappa shape index (κ3) is 2.15. The number of nitrogens with one attached hydrogen (secondary N) is 1. The predicted octanol–water partition coefficient (Wildman–Crippen LogP) is 3.03. The molecule has 4 rings (SSSR count). The van der Waals surface area contributed by atoms with Crippen LogP contribution in [0.25, 0.3) is 11.4 Å². The van der Waals surface area contributed by atoms with Crippen LogP contribution in [0.2, 0.25) is 0 Å². The van der Waals surface area contributed by atoms with Gasteiger partial charge in [0, 0.05) is 6.54 Å². The molecule has 1 N–H and O–H groups in total. The van der Waals surface area contributed by atoms with Crippen LogP contribution in [0, 0.1) is 6.92 Å². The van der Waals surface area contributed by atoms with Gasteiger partial charge in [-0.15, -0.1) is 0 Å². The molecule has 0 unspecified atom stereocenters. The van der Waals surface area contributed by atoms with Crippen molar-refractivity contribution < 1.29 is 8.94 Å². The molecule has 5 heteroatoms. The van der Waals surface area contributed by atoms with E-state index in [2.05, 4.69) is 39.7 Å². The number of furan rings is 1. The molecule has 1 atom stereocenters. The maximum Gasteiger partial charge on any atom is 0.244 e. The van der Waals surface area contributed by atoms with E-state index in [-0.39, 0.29) is 6.04 Å². The molecular weight excluding hydrogens is 266 g/mol. The summed E-state index contributed by atoms with van der Waals surface area (Å²) in [6.45, 7) is 2.71. The summed E-state index contributed by atoms with van der Waals surface area (Å²) >= 11 is 0. The summed E-state index contributed by atoms with van der Waals surface area (Å²) in [5.74, 6) is 2.00. The molecular formula is C16H15N3O2. The zero-order chi connectivity index (χ0) is 14.2. The van der Waals surface area contributed by atoms with Gasteiger partial charge in [0.05, 0.1) is 17.9 Å². The Kier molecular flexibility index (Phi) is 2.86. The number of fused-ring (bicyclic) bond motifs is 1. The molecule has 0 radical (unpaired) electrons. The summed E-state index contributed by atoms with van der Waals surface area (Å²) in [5, 5.41) is 7.51. The van der Waals surface area contributed by atoms with Crippen molar-refractivity contribution in [3.8, 4) is 11.4 Å². The molecule has 3 aromatic rings. The second-order valence-electron chi connectivity index (χ2n) is 5.25. The molecule has 2 aromatic heterocycles. The van der Waals surface area contributed by atoms with Gasteiger partial charge in [-0.25, -0.2) is 0 Å². The molecule has 0 aliphatic carbocycles. The van der Waals surface area contributed by atoms with Gasteiger partial charge in [-0.1, -0.05) is 29.4 Å². The predicted molar refractivity (Wildman–Crippen MR) is 76.5 cm³/mol. The number of rotatable bonds is 2. The van der Waals surface area contributed by atoms with Gasteiger partial charge in [0.15, 0.2) is 0 Å². The first-order valence-electron chi connectivity index (χ1n) is 6.99. The van der Waals surface area contributed by atoms with Gasteiger partial charge in [-0.3, -0.25) is 0 Å². The van der Waals surface area contributed by atoms with E-state index < -0.39 is 0 Å². The van der Waals surface area contributed by atoms with Gasteiger partial charge >= 0.3 is 0 Å². The lowest BCUT2D eigenvalue weighted by Gasteiger charge is -2.23. The van der Waals surface area contributed by atoms with E-state index in [0.717, 1.165) is 24.3 Å². The second kappa shape index (κ2) is 4.86. The first-order valence-corrected chi connectivity index (χ1v) is 6.99. The van der Waals surface area contributed by atoms with E-state index in [0.29, 0.717) is 11.7 Å². The van der Waals surface area contributed by atoms with Crippen molar-refractivity contribution in [1.82, 2.24) is 15.5 Å². The van der Waals surface area contributed by atoms with Crippen molar-refractivity contribution in [2.75, 3.05) is 0 Å². The van der Waals surface area contributed by atoms with Crippen LogP contribution in [0.4, 0.5) is 0 Å². The minimum absolute atomic E-state index is 0.0633. The van der Waals surface area contributed by atoms with Crippen molar-refractivity contribution in [2.24, 2.45) is 0 Å². The molecule has 1 aliphatic heterocycles. The van der Waals surface area contributed by atoms with Crippen molar-refractivity contribution in [2.45, 2.75) is 25.9 Å². The van der Waals surface area contributed by atoms with Crippen LogP contribution < -0.4 is 5.32 Å². The van der Waals surface area contributed by atoms with E-state index in [1.54, 1.807) is 6.26 Å². The molecule has 0 amide bonds. The second-order valence-corrected chi connectivity index (χ2v) is 5.25. The van der Waals surface area contributed by atoms with Crippen LogP contribution in [0.15, 0.2) is 45.5 Å². The molecule has 0 fully saturated rings. The smallest absolute Gasteiger partial charge is 0.244 e. The number of nitrogens with zero attached hydrogens (tertiary/aromatic N) is 2. The Labute approximate surface area is 122 Å². The van der Waals surface area contributed by atoms with Crippen LogP contribution >= 0.6 is 0 Å². The van der Waals surface area contributed by atoms with E-state index in [9.17, 15) is 0 Å². The monoisotopic (exact) mass is 281 g/mol. The fourth-order valence-corrected chi connectivity index (χ4v) is 2.73. The summed E-state index contributed by atoms with van der Waals surface area (Å²) in [7, 11) is 0. The summed E-state index contributed by atoms with van der Waals surface area (Å²) in [4.78, 5) is 4.51. The normalized spacial score (nSPS) is 17.7. The zero-order valence-corrected chi connectivity index (χ0v) is 11.7. The van der Waals surface area contributed by atoms with Gasteiger partial charge < -0.3 is 14.3 Å². The Morgan fingerprint density at radius 1 is 1.19 bits per heavy atom. The molecule has 3 heterocycles. The Morgan fingerprint density at radius 2 is 2.05 bits per heavy atom. The third-order valence-corrected chi connectivity index (χ3v) is 3.92. The lowest BCUT2D eigenvalue weighted by Crippen LogP contribution is -2.28. The number of benzene rings is 1. The quantitative estimate of drug-likeness (QED) is 0.782. The van der Waals surface area contributed by atoms with Gasteiger partial charge in [-0.2, -0.15) is 4.98 Å². The summed E-state index contributed by atoms with van der Waals surface area (Å²) < 4.78 is 10.7. The SMILES string of the molecule is Cc1occc1-c1noc([C@@H]2Cc3ccccc3CN2)n1. The highest BCUT2D eigenvalue weighted by atomic mass is 16.5. The molecule has 106 valence electrons. The minimum Gasteiger partial charge on any atom is -0.469 e. The zero-order valence-electron chi connectivity index (χ0n) is 11.7. The average molecular weight is 281 g/mol. The number of aryl methyl sites for hydroxylation is 1. The Morgan fingerprint density at radius 3 is 2.86 bits per heavy atom. The largest absolute Gasteiger partial charge is 0.469 e. The number of hydrogen-bond acceptors (Lipinski definition) is 5. The Bertz CT molecular complexity index is 775.